The fraction of sp³-hybridized carbons (Fsp3) is 0.333. The summed E-state index contributed by atoms with van der Waals surface area (Å²) in [6.07, 6.45) is 0. The highest BCUT2D eigenvalue weighted by Crippen LogP contribution is 2.22. The summed E-state index contributed by atoms with van der Waals surface area (Å²) in [6.45, 7) is 2.01. The lowest BCUT2D eigenvalue weighted by Crippen LogP contribution is -2.47. The van der Waals surface area contributed by atoms with Crippen molar-refractivity contribution in [2.45, 2.75) is 0 Å². The first-order valence-corrected chi connectivity index (χ1v) is 6.55. The topological polar surface area (TPSA) is 139 Å². The van der Waals surface area contributed by atoms with Gasteiger partial charge in [0, 0.05) is 26.2 Å². The molecule has 0 saturated carbocycles. The Kier molecular flexibility index (Phi) is 3.41. The van der Waals surface area contributed by atoms with Crippen LogP contribution in [0, 0.1) is 0 Å². The van der Waals surface area contributed by atoms with Gasteiger partial charge in [0.25, 0.3) is 0 Å². The molecule has 1 aliphatic heterocycles. The Morgan fingerprint density at radius 2 is 0.864 bits per heavy atom. The van der Waals surface area contributed by atoms with Crippen LogP contribution in [0.15, 0.2) is 12.1 Å². The molecular weight excluding hydrogens is 292 g/mol. The minimum absolute atomic E-state index is 0.233. The molecule has 22 heavy (non-hydrogen) atoms. The van der Waals surface area contributed by atoms with Crippen LogP contribution in [-0.4, -0.2) is 66.5 Å². The van der Waals surface area contributed by atoms with Crippen LogP contribution >= 0.6 is 0 Å². The van der Waals surface area contributed by atoms with E-state index in [1.807, 2.05) is 0 Å². The average Bonchev–Trinajstić information content (AvgIpc) is 2.45. The van der Waals surface area contributed by atoms with Gasteiger partial charge in [-0.05, 0) is 0 Å². The smallest absolute Gasteiger partial charge is 0.232 e. The zero-order valence-corrected chi connectivity index (χ0v) is 11.5. The Bertz CT molecular complexity index is 589. The molecule has 4 N–H and O–H groups in total. The molecule has 1 fully saturated rings. The molecule has 1 aliphatic rings. The van der Waals surface area contributed by atoms with Crippen molar-refractivity contribution >= 4 is 11.9 Å². The SMILES string of the molecule is Oc1cc(O)nc(N2CCN(c3nc(O)cc(O)n3)CC2)n1. The predicted molar refractivity (Wildman–Crippen MR) is 75.1 cm³/mol. The van der Waals surface area contributed by atoms with Gasteiger partial charge in [0.05, 0.1) is 12.1 Å². The summed E-state index contributed by atoms with van der Waals surface area (Å²) in [5.41, 5.74) is 0. The molecule has 2 aromatic rings. The van der Waals surface area contributed by atoms with E-state index in [-0.39, 0.29) is 35.4 Å². The maximum absolute atomic E-state index is 9.39. The molecule has 116 valence electrons. The first-order valence-electron chi connectivity index (χ1n) is 6.55. The number of aromatic hydroxyl groups is 4. The fourth-order valence-corrected chi connectivity index (χ4v) is 2.21. The van der Waals surface area contributed by atoms with E-state index in [4.69, 9.17) is 0 Å². The van der Waals surface area contributed by atoms with Gasteiger partial charge in [-0.15, -0.1) is 0 Å². The molecule has 3 heterocycles. The summed E-state index contributed by atoms with van der Waals surface area (Å²) < 4.78 is 0. The van der Waals surface area contributed by atoms with Gasteiger partial charge >= 0.3 is 0 Å². The molecule has 0 radical (unpaired) electrons. The Labute approximate surface area is 125 Å². The lowest BCUT2D eigenvalue weighted by molar-refractivity contribution is 0.416. The molecule has 0 amide bonds. The maximum atomic E-state index is 9.39. The Hall–Kier alpha value is -3.04. The highest BCUT2D eigenvalue weighted by molar-refractivity contribution is 5.41. The minimum Gasteiger partial charge on any atom is -0.493 e. The van der Waals surface area contributed by atoms with Crippen molar-refractivity contribution in [1.82, 2.24) is 19.9 Å². The second kappa shape index (κ2) is 5.39. The van der Waals surface area contributed by atoms with E-state index in [9.17, 15) is 20.4 Å². The van der Waals surface area contributed by atoms with Crippen molar-refractivity contribution < 1.29 is 20.4 Å². The van der Waals surface area contributed by atoms with E-state index in [0.717, 1.165) is 12.1 Å². The van der Waals surface area contributed by atoms with E-state index in [2.05, 4.69) is 19.9 Å². The van der Waals surface area contributed by atoms with Crippen LogP contribution in [0.3, 0.4) is 0 Å². The van der Waals surface area contributed by atoms with Crippen LogP contribution in [0.25, 0.3) is 0 Å². The molecule has 10 heteroatoms. The van der Waals surface area contributed by atoms with E-state index in [1.165, 1.54) is 0 Å². The molecule has 0 aliphatic carbocycles. The lowest BCUT2D eigenvalue weighted by Gasteiger charge is -2.34. The lowest BCUT2D eigenvalue weighted by atomic mass is 10.3. The second-order valence-corrected chi connectivity index (χ2v) is 4.74. The zero-order valence-electron chi connectivity index (χ0n) is 11.5. The van der Waals surface area contributed by atoms with Gasteiger partial charge < -0.3 is 30.2 Å². The highest BCUT2D eigenvalue weighted by Gasteiger charge is 2.22. The van der Waals surface area contributed by atoms with Crippen LogP contribution < -0.4 is 9.80 Å². The first-order chi connectivity index (χ1) is 10.5. The average molecular weight is 306 g/mol. The molecule has 0 aromatic carbocycles. The third-order valence-electron chi connectivity index (χ3n) is 3.22. The number of hydrogen-bond donors (Lipinski definition) is 4. The third-order valence-corrected chi connectivity index (χ3v) is 3.22. The van der Waals surface area contributed by atoms with Crippen LogP contribution in [-0.2, 0) is 0 Å². The largest absolute Gasteiger partial charge is 0.493 e. The van der Waals surface area contributed by atoms with Gasteiger partial charge in [-0.2, -0.15) is 19.9 Å². The number of hydrogen-bond acceptors (Lipinski definition) is 10. The van der Waals surface area contributed by atoms with E-state index in [1.54, 1.807) is 9.80 Å². The van der Waals surface area contributed by atoms with Gasteiger partial charge in [-0.3, -0.25) is 0 Å². The molecule has 0 spiro atoms. The van der Waals surface area contributed by atoms with E-state index in [0.29, 0.717) is 26.2 Å². The van der Waals surface area contributed by atoms with Gasteiger partial charge in [0.15, 0.2) is 0 Å². The second-order valence-electron chi connectivity index (χ2n) is 4.74. The summed E-state index contributed by atoms with van der Waals surface area (Å²) >= 11 is 0. The molecule has 10 nitrogen and oxygen atoms in total. The van der Waals surface area contributed by atoms with Crippen molar-refractivity contribution in [2.24, 2.45) is 0 Å². The minimum atomic E-state index is -0.300. The summed E-state index contributed by atoms with van der Waals surface area (Å²) in [4.78, 5) is 19.0. The first kappa shape index (κ1) is 13.9. The summed E-state index contributed by atoms with van der Waals surface area (Å²) in [5, 5.41) is 37.6. The Balaban J connectivity index is 1.72. The number of aromatic nitrogens is 4. The monoisotopic (exact) mass is 306 g/mol. The maximum Gasteiger partial charge on any atom is 0.232 e. The highest BCUT2D eigenvalue weighted by atomic mass is 16.3. The van der Waals surface area contributed by atoms with Crippen LogP contribution in [0.5, 0.6) is 23.5 Å². The van der Waals surface area contributed by atoms with Crippen LogP contribution in [0.1, 0.15) is 0 Å². The van der Waals surface area contributed by atoms with Crippen molar-refractivity contribution in [2.75, 3.05) is 36.0 Å². The summed E-state index contributed by atoms with van der Waals surface area (Å²) in [6, 6.07) is 2.12. The number of piperazine rings is 1. The quantitative estimate of drug-likeness (QED) is 0.569. The number of anilines is 2. The summed E-state index contributed by atoms with van der Waals surface area (Å²) in [5.74, 6) is -0.733. The van der Waals surface area contributed by atoms with Gasteiger partial charge in [-0.1, -0.05) is 0 Å². The van der Waals surface area contributed by atoms with Gasteiger partial charge in [0.1, 0.15) is 0 Å². The van der Waals surface area contributed by atoms with E-state index >= 15 is 0 Å². The van der Waals surface area contributed by atoms with Crippen LogP contribution in [0.4, 0.5) is 11.9 Å². The summed E-state index contributed by atoms with van der Waals surface area (Å²) in [7, 11) is 0. The Morgan fingerprint density at radius 1 is 0.591 bits per heavy atom. The Morgan fingerprint density at radius 3 is 1.14 bits per heavy atom. The molecule has 0 bridgehead atoms. The molecule has 2 aromatic heterocycles. The van der Waals surface area contributed by atoms with Crippen LogP contribution in [0.2, 0.25) is 0 Å². The van der Waals surface area contributed by atoms with Gasteiger partial charge in [0.2, 0.25) is 35.4 Å². The number of nitrogens with zero attached hydrogens (tertiary/aromatic N) is 6. The molecular formula is C12H14N6O4. The number of rotatable bonds is 2. The molecule has 1 saturated heterocycles. The molecule has 0 atom stereocenters. The van der Waals surface area contributed by atoms with Crippen molar-refractivity contribution in [1.29, 1.82) is 0 Å². The van der Waals surface area contributed by atoms with Crippen molar-refractivity contribution in [3.8, 4) is 23.5 Å². The van der Waals surface area contributed by atoms with Crippen molar-refractivity contribution in [3.05, 3.63) is 12.1 Å². The zero-order chi connectivity index (χ0) is 15.7. The van der Waals surface area contributed by atoms with Crippen molar-refractivity contribution in [3.63, 3.8) is 0 Å². The molecule has 3 rings (SSSR count). The van der Waals surface area contributed by atoms with Gasteiger partial charge in [-0.25, -0.2) is 0 Å². The normalized spacial score (nSPS) is 15.1. The third kappa shape index (κ3) is 2.85. The fourth-order valence-electron chi connectivity index (χ4n) is 2.21. The predicted octanol–water partition coefficient (Wildman–Crippen LogP) is -0.584. The standard InChI is InChI=1S/C12H14N6O4/c19-7-5-8(20)14-11(13-7)17-1-2-18(4-3-17)12-15-9(21)6-10(22)16-12/h5-6H,1-4H2,(H2,13,14,19,20)(H2,15,16,21,22). The van der Waals surface area contributed by atoms with E-state index < -0.39 is 0 Å². The molecule has 0 unspecified atom stereocenters.